The molecule has 4 heteroatoms. The molecule has 2 aromatic carbocycles. The zero-order chi connectivity index (χ0) is 14.7. The van der Waals surface area contributed by atoms with Gasteiger partial charge in [-0.25, -0.2) is 4.79 Å². The second-order valence-electron chi connectivity index (χ2n) is 5.10. The van der Waals surface area contributed by atoms with Crippen molar-refractivity contribution in [1.29, 1.82) is 0 Å². The fourth-order valence-electron chi connectivity index (χ4n) is 2.22. The Labute approximate surface area is 128 Å². The number of ether oxygens (including phenoxy) is 2. The van der Waals surface area contributed by atoms with E-state index in [9.17, 15) is 4.79 Å². The Morgan fingerprint density at radius 3 is 2.62 bits per heavy atom. The van der Waals surface area contributed by atoms with Gasteiger partial charge in [-0.05, 0) is 24.6 Å². The maximum atomic E-state index is 12.0. The predicted molar refractivity (Wildman–Crippen MR) is 82.2 cm³/mol. The first kappa shape index (κ1) is 14.2. The Morgan fingerprint density at radius 1 is 1.10 bits per heavy atom. The normalized spacial score (nSPS) is 20.7. The van der Waals surface area contributed by atoms with Crippen molar-refractivity contribution in [2.45, 2.75) is 23.4 Å². The molecule has 21 heavy (non-hydrogen) atoms. The number of hydrogen-bond acceptors (Lipinski definition) is 4. The van der Waals surface area contributed by atoms with Crippen molar-refractivity contribution in [2.24, 2.45) is 0 Å². The molecule has 0 bridgehead atoms. The van der Waals surface area contributed by atoms with E-state index in [0.717, 1.165) is 10.5 Å². The lowest BCUT2D eigenvalue weighted by atomic mass is 10.2. The number of rotatable bonds is 4. The van der Waals surface area contributed by atoms with Crippen LogP contribution in [-0.4, -0.2) is 17.5 Å². The minimum Gasteiger partial charge on any atom is -0.442 e. The van der Waals surface area contributed by atoms with E-state index in [1.807, 2.05) is 55.5 Å². The van der Waals surface area contributed by atoms with Crippen molar-refractivity contribution < 1.29 is 14.3 Å². The van der Waals surface area contributed by atoms with E-state index in [-0.39, 0.29) is 5.97 Å². The molecule has 1 aliphatic rings. The Hall–Kier alpha value is -1.78. The number of fused-ring (bicyclic) bond motifs is 1. The van der Waals surface area contributed by atoms with E-state index in [1.54, 1.807) is 6.07 Å². The van der Waals surface area contributed by atoms with Gasteiger partial charge in [-0.2, -0.15) is 0 Å². The topological polar surface area (TPSA) is 35.5 Å². The van der Waals surface area contributed by atoms with Crippen molar-refractivity contribution in [3.63, 3.8) is 0 Å². The maximum absolute atomic E-state index is 12.0. The molecule has 0 fully saturated rings. The lowest BCUT2D eigenvalue weighted by molar-refractivity contribution is -0.0185. The van der Waals surface area contributed by atoms with Crippen LogP contribution < -0.4 is 0 Å². The van der Waals surface area contributed by atoms with E-state index < -0.39 is 4.93 Å². The predicted octanol–water partition coefficient (Wildman–Crippen LogP) is 3.88. The van der Waals surface area contributed by atoms with Gasteiger partial charge < -0.3 is 9.47 Å². The molecule has 0 saturated carbocycles. The van der Waals surface area contributed by atoms with Crippen molar-refractivity contribution in [3.05, 3.63) is 65.7 Å². The third-order valence-corrected chi connectivity index (χ3v) is 4.43. The quantitative estimate of drug-likeness (QED) is 0.803. The van der Waals surface area contributed by atoms with Crippen LogP contribution in [0.25, 0.3) is 0 Å². The highest BCUT2D eigenvalue weighted by atomic mass is 32.2. The van der Waals surface area contributed by atoms with Crippen LogP contribution in [0.4, 0.5) is 0 Å². The number of esters is 1. The molecular weight excluding hydrogens is 284 g/mol. The van der Waals surface area contributed by atoms with E-state index in [4.69, 9.17) is 9.47 Å². The lowest BCUT2D eigenvalue weighted by Gasteiger charge is -2.33. The molecule has 2 aromatic rings. The maximum Gasteiger partial charge on any atom is 0.340 e. The summed E-state index contributed by atoms with van der Waals surface area (Å²) in [6.45, 7) is 2.75. The lowest BCUT2D eigenvalue weighted by Crippen LogP contribution is -2.36. The van der Waals surface area contributed by atoms with Crippen molar-refractivity contribution >= 4 is 17.7 Å². The van der Waals surface area contributed by atoms with Gasteiger partial charge in [-0.1, -0.05) is 54.2 Å². The van der Waals surface area contributed by atoms with E-state index >= 15 is 0 Å². The van der Waals surface area contributed by atoms with E-state index in [1.165, 1.54) is 11.8 Å². The second-order valence-corrected chi connectivity index (χ2v) is 6.61. The first-order valence-electron chi connectivity index (χ1n) is 6.79. The largest absolute Gasteiger partial charge is 0.442 e. The summed E-state index contributed by atoms with van der Waals surface area (Å²) in [4.78, 5) is 12.3. The molecule has 3 nitrogen and oxygen atoms in total. The molecule has 1 heterocycles. The Balaban J connectivity index is 1.65. The van der Waals surface area contributed by atoms with E-state index in [0.29, 0.717) is 18.8 Å². The Bertz CT molecular complexity index is 641. The average Bonchev–Trinajstić information content (AvgIpc) is 2.48. The summed E-state index contributed by atoms with van der Waals surface area (Å²) < 4.78 is 11.3. The molecule has 108 valence electrons. The zero-order valence-electron chi connectivity index (χ0n) is 11.7. The number of benzene rings is 2. The van der Waals surface area contributed by atoms with Crippen molar-refractivity contribution in [2.75, 3.05) is 6.61 Å². The highest BCUT2D eigenvalue weighted by Gasteiger charge is 2.37. The third kappa shape index (κ3) is 3.28. The highest BCUT2D eigenvalue weighted by Crippen LogP contribution is 2.41. The Morgan fingerprint density at radius 2 is 1.81 bits per heavy atom. The van der Waals surface area contributed by atoms with Crippen LogP contribution in [0.2, 0.25) is 0 Å². The summed E-state index contributed by atoms with van der Waals surface area (Å²) in [5.41, 5.74) is 1.73. The number of hydrogen-bond donors (Lipinski definition) is 0. The minimum absolute atomic E-state index is 0.282. The smallest absolute Gasteiger partial charge is 0.340 e. The van der Waals surface area contributed by atoms with E-state index in [2.05, 4.69) is 0 Å². The summed E-state index contributed by atoms with van der Waals surface area (Å²) in [5, 5.41) is 0. The van der Waals surface area contributed by atoms with Crippen LogP contribution in [-0.2, 0) is 16.1 Å². The molecule has 1 aliphatic heterocycles. The SMILES string of the molecule is CC1(COCc2ccccc2)OC(=O)c2ccccc2S1. The number of carbonyl (C=O) groups excluding carboxylic acids is 1. The fraction of sp³-hybridized carbons (Fsp3) is 0.235. The molecular formula is C17H16O3S. The number of carbonyl (C=O) groups is 1. The van der Waals surface area contributed by atoms with Gasteiger partial charge in [0.05, 0.1) is 18.8 Å². The zero-order valence-corrected chi connectivity index (χ0v) is 12.6. The summed E-state index contributed by atoms with van der Waals surface area (Å²) >= 11 is 1.53. The molecule has 0 aliphatic carbocycles. The molecule has 1 atom stereocenters. The van der Waals surface area contributed by atoms with Crippen LogP contribution in [0.5, 0.6) is 0 Å². The summed E-state index contributed by atoms with van der Waals surface area (Å²) in [5.74, 6) is -0.282. The molecule has 0 N–H and O–H groups in total. The summed E-state index contributed by atoms with van der Waals surface area (Å²) in [6.07, 6.45) is 0. The molecule has 0 radical (unpaired) electrons. The summed E-state index contributed by atoms with van der Waals surface area (Å²) in [6, 6.07) is 17.4. The second kappa shape index (κ2) is 5.92. The van der Waals surface area contributed by atoms with Crippen LogP contribution >= 0.6 is 11.8 Å². The van der Waals surface area contributed by atoms with Crippen LogP contribution in [0.1, 0.15) is 22.8 Å². The number of thioether (sulfide) groups is 1. The average molecular weight is 300 g/mol. The highest BCUT2D eigenvalue weighted by molar-refractivity contribution is 8.00. The van der Waals surface area contributed by atoms with Crippen molar-refractivity contribution in [3.8, 4) is 0 Å². The van der Waals surface area contributed by atoms with Gasteiger partial charge >= 0.3 is 5.97 Å². The first-order valence-corrected chi connectivity index (χ1v) is 7.61. The molecule has 0 spiro atoms. The summed E-state index contributed by atoms with van der Waals surface area (Å²) in [7, 11) is 0. The van der Waals surface area contributed by atoms with Gasteiger partial charge in [-0.3, -0.25) is 0 Å². The fourth-order valence-corrected chi connectivity index (χ4v) is 3.35. The molecule has 0 saturated heterocycles. The van der Waals surface area contributed by atoms with Gasteiger partial charge in [0.15, 0.2) is 4.93 Å². The van der Waals surface area contributed by atoms with Gasteiger partial charge in [0.25, 0.3) is 0 Å². The van der Waals surface area contributed by atoms with Gasteiger partial charge in [-0.15, -0.1) is 0 Å². The third-order valence-electron chi connectivity index (χ3n) is 3.22. The number of cyclic esters (lactones) is 1. The first-order chi connectivity index (χ1) is 10.2. The molecule has 0 amide bonds. The van der Waals surface area contributed by atoms with Gasteiger partial charge in [0.1, 0.15) is 0 Å². The van der Waals surface area contributed by atoms with Crippen LogP contribution in [0, 0.1) is 0 Å². The molecule has 1 unspecified atom stereocenters. The van der Waals surface area contributed by atoms with Gasteiger partial charge in [0, 0.05) is 4.90 Å². The molecule has 3 rings (SSSR count). The standard InChI is InChI=1S/C17H16O3S/c1-17(12-19-11-13-7-3-2-4-8-13)20-16(18)14-9-5-6-10-15(14)21-17/h2-10H,11-12H2,1H3. The van der Waals surface area contributed by atoms with Crippen molar-refractivity contribution in [1.82, 2.24) is 0 Å². The monoisotopic (exact) mass is 300 g/mol. The van der Waals surface area contributed by atoms with Crippen LogP contribution in [0.15, 0.2) is 59.5 Å². The Kier molecular flexibility index (Phi) is 3.99. The molecule has 0 aromatic heterocycles. The van der Waals surface area contributed by atoms with Crippen LogP contribution in [0.3, 0.4) is 0 Å². The minimum atomic E-state index is -0.680. The van der Waals surface area contributed by atoms with Gasteiger partial charge in [0.2, 0.25) is 0 Å².